The van der Waals surface area contributed by atoms with Crippen molar-refractivity contribution < 1.29 is 14.4 Å². The highest BCUT2D eigenvalue weighted by molar-refractivity contribution is 7.22. The Morgan fingerprint density at radius 2 is 1.85 bits per heavy atom. The summed E-state index contributed by atoms with van der Waals surface area (Å²) in [4.78, 5) is 42.2. The van der Waals surface area contributed by atoms with Crippen molar-refractivity contribution in [3.8, 4) is 0 Å². The fourth-order valence-corrected chi connectivity index (χ4v) is 3.80. The predicted octanol–water partition coefficient (Wildman–Crippen LogP) is 3.00. The van der Waals surface area contributed by atoms with Crippen LogP contribution >= 0.6 is 11.3 Å². The molecule has 1 fully saturated rings. The second-order valence-electron chi connectivity index (χ2n) is 6.09. The Hall–Kier alpha value is -3.26. The van der Waals surface area contributed by atoms with Crippen LogP contribution in [-0.4, -0.2) is 29.3 Å². The van der Waals surface area contributed by atoms with Crippen LogP contribution in [0.1, 0.15) is 12.8 Å². The Morgan fingerprint density at radius 1 is 1.04 bits per heavy atom. The molecular formula is C19H16N4O3S. The van der Waals surface area contributed by atoms with Gasteiger partial charge in [-0.05, 0) is 36.8 Å². The van der Waals surface area contributed by atoms with Gasteiger partial charge in [-0.1, -0.05) is 29.5 Å². The molecule has 1 aliphatic heterocycles. The number of nitrogens with zero attached hydrogens (tertiary/aromatic N) is 2. The molecule has 27 heavy (non-hydrogen) atoms. The highest BCUT2D eigenvalue weighted by atomic mass is 32.1. The first-order valence-corrected chi connectivity index (χ1v) is 9.30. The first-order valence-electron chi connectivity index (χ1n) is 8.48. The van der Waals surface area contributed by atoms with Gasteiger partial charge in [-0.3, -0.25) is 19.7 Å². The maximum atomic E-state index is 12.2. The standard InChI is InChI=1S/C19H16N4O3S/c24-16-9-4-10-23(16)13-6-3-5-12(11-13)20-17(25)18(26)22-19-21-14-7-1-2-8-15(14)27-19/h1-3,5-8,11H,4,9-10H2,(H,20,25)(H,21,22,26). The monoisotopic (exact) mass is 380 g/mol. The van der Waals surface area contributed by atoms with Gasteiger partial charge in [0.05, 0.1) is 10.2 Å². The van der Waals surface area contributed by atoms with Crippen molar-refractivity contribution >= 4 is 55.8 Å². The lowest BCUT2D eigenvalue weighted by Crippen LogP contribution is -2.29. The van der Waals surface area contributed by atoms with Gasteiger partial charge in [-0.2, -0.15) is 0 Å². The van der Waals surface area contributed by atoms with Gasteiger partial charge >= 0.3 is 11.8 Å². The van der Waals surface area contributed by atoms with E-state index in [1.54, 1.807) is 29.2 Å². The van der Waals surface area contributed by atoms with Crippen molar-refractivity contribution in [3.05, 3.63) is 48.5 Å². The molecule has 1 aliphatic rings. The van der Waals surface area contributed by atoms with Crippen molar-refractivity contribution in [3.63, 3.8) is 0 Å². The summed E-state index contributed by atoms with van der Waals surface area (Å²) in [5, 5.41) is 5.45. The van der Waals surface area contributed by atoms with E-state index in [-0.39, 0.29) is 5.91 Å². The van der Waals surface area contributed by atoms with E-state index in [0.717, 1.165) is 16.6 Å². The van der Waals surface area contributed by atoms with Gasteiger partial charge < -0.3 is 10.2 Å². The Balaban J connectivity index is 1.43. The Labute approximate surface area is 159 Å². The zero-order valence-electron chi connectivity index (χ0n) is 14.3. The van der Waals surface area contributed by atoms with Crippen molar-refractivity contribution in [1.29, 1.82) is 0 Å². The SMILES string of the molecule is O=C(Nc1cccc(N2CCCC2=O)c1)C(=O)Nc1nc2ccccc2s1. The van der Waals surface area contributed by atoms with Crippen LogP contribution in [0, 0.1) is 0 Å². The zero-order valence-corrected chi connectivity index (χ0v) is 15.1. The fourth-order valence-electron chi connectivity index (χ4n) is 2.94. The minimum Gasteiger partial charge on any atom is -0.318 e. The van der Waals surface area contributed by atoms with Crippen molar-refractivity contribution in [2.24, 2.45) is 0 Å². The van der Waals surface area contributed by atoms with Crippen molar-refractivity contribution in [1.82, 2.24) is 4.98 Å². The number of carbonyl (C=O) groups is 3. The van der Waals surface area contributed by atoms with E-state index >= 15 is 0 Å². The molecule has 8 heteroatoms. The molecule has 3 aromatic rings. The molecule has 2 aromatic carbocycles. The summed E-state index contributed by atoms with van der Waals surface area (Å²) in [5.41, 5.74) is 1.93. The topological polar surface area (TPSA) is 91.4 Å². The molecule has 0 spiro atoms. The minimum atomic E-state index is -0.795. The highest BCUT2D eigenvalue weighted by Gasteiger charge is 2.22. The molecule has 4 rings (SSSR count). The lowest BCUT2D eigenvalue weighted by molar-refractivity contribution is -0.132. The van der Waals surface area contributed by atoms with Gasteiger partial charge in [0.2, 0.25) is 5.91 Å². The number of hydrogen-bond donors (Lipinski definition) is 2. The number of benzene rings is 2. The number of para-hydroxylation sites is 1. The molecular weight excluding hydrogens is 364 g/mol. The first-order chi connectivity index (χ1) is 13.1. The third kappa shape index (κ3) is 3.65. The van der Waals surface area contributed by atoms with Crippen LogP contribution < -0.4 is 15.5 Å². The van der Waals surface area contributed by atoms with Crippen LogP contribution in [0.15, 0.2) is 48.5 Å². The average molecular weight is 380 g/mol. The predicted molar refractivity (Wildman–Crippen MR) is 105 cm³/mol. The van der Waals surface area contributed by atoms with Crippen molar-refractivity contribution in [2.45, 2.75) is 12.8 Å². The van der Waals surface area contributed by atoms with Gasteiger partial charge in [0.1, 0.15) is 0 Å². The lowest BCUT2D eigenvalue weighted by atomic mass is 10.2. The van der Waals surface area contributed by atoms with Crippen LogP contribution in [0.3, 0.4) is 0 Å². The normalized spacial score (nSPS) is 13.8. The lowest BCUT2D eigenvalue weighted by Gasteiger charge is -2.16. The Morgan fingerprint density at radius 3 is 2.63 bits per heavy atom. The summed E-state index contributed by atoms with van der Waals surface area (Å²) in [6.45, 7) is 0.661. The summed E-state index contributed by atoms with van der Waals surface area (Å²) >= 11 is 1.30. The molecule has 0 radical (unpaired) electrons. The number of anilines is 3. The van der Waals surface area contributed by atoms with Crippen LogP contribution in [0.5, 0.6) is 0 Å². The summed E-state index contributed by atoms with van der Waals surface area (Å²) < 4.78 is 0.927. The minimum absolute atomic E-state index is 0.0621. The average Bonchev–Trinajstić information content (AvgIpc) is 3.27. The number of rotatable bonds is 3. The molecule has 0 aliphatic carbocycles. The molecule has 1 aromatic heterocycles. The van der Waals surface area contributed by atoms with E-state index in [4.69, 9.17) is 0 Å². The summed E-state index contributed by atoms with van der Waals surface area (Å²) in [6.07, 6.45) is 1.35. The molecule has 0 saturated carbocycles. The maximum Gasteiger partial charge on any atom is 0.315 e. The van der Waals surface area contributed by atoms with Crippen molar-refractivity contribution in [2.75, 3.05) is 22.1 Å². The van der Waals surface area contributed by atoms with Crippen LogP contribution in [0.25, 0.3) is 10.2 Å². The van der Waals surface area contributed by atoms with E-state index in [1.807, 2.05) is 24.3 Å². The van der Waals surface area contributed by atoms with Crippen LogP contribution in [0.4, 0.5) is 16.5 Å². The largest absolute Gasteiger partial charge is 0.318 e. The summed E-state index contributed by atoms with van der Waals surface area (Å²) in [7, 11) is 0. The maximum absolute atomic E-state index is 12.2. The van der Waals surface area contributed by atoms with Crippen LogP contribution in [0.2, 0.25) is 0 Å². The van der Waals surface area contributed by atoms with E-state index in [0.29, 0.717) is 29.5 Å². The highest BCUT2D eigenvalue weighted by Crippen LogP contribution is 2.26. The molecule has 0 atom stereocenters. The fraction of sp³-hybridized carbons (Fsp3) is 0.158. The van der Waals surface area contributed by atoms with Gasteiger partial charge in [0, 0.05) is 24.3 Å². The zero-order chi connectivity index (χ0) is 18.8. The first kappa shape index (κ1) is 17.2. The quantitative estimate of drug-likeness (QED) is 0.684. The van der Waals surface area contributed by atoms with E-state index in [9.17, 15) is 14.4 Å². The number of fused-ring (bicyclic) bond motifs is 1. The molecule has 2 heterocycles. The van der Waals surface area contributed by atoms with Crippen LogP contribution in [-0.2, 0) is 14.4 Å². The smallest absolute Gasteiger partial charge is 0.315 e. The number of thiazole rings is 1. The number of carbonyl (C=O) groups excluding carboxylic acids is 3. The number of hydrogen-bond acceptors (Lipinski definition) is 5. The second-order valence-corrected chi connectivity index (χ2v) is 7.12. The molecule has 136 valence electrons. The van der Waals surface area contributed by atoms with Gasteiger partial charge in [0.15, 0.2) is 5.13 Å². The molecule has 7 nitrogen and oxygen atoms in total. The number of amides is 3. The summed E-state index contributed by atoms with van der Waals surface area (Å²) in [5.74, 6) is -1.53. The van der Waals surface area contributed by atoms with E-state index in [1.165, 1.54) is 11.3 Å². The molecule has 1 saturated heterocycles. The number of nitrogens with one attached hydrogen (secondary N) is 2. The second kappa shape index (κ2) is 7.16. The Kier molecular flexibility index (Phi) is 4.55. The van der Waals surface area contributed by atoms with Gasteiger partial charge in [-0.25, -0.2) is 4.98 Å². The summed E-state index contributed by atoms with van der Waals surface area (Å²) in [6, 6.07) is 14.4. The Bertz CT molecular complexity index is 1010. The van der Waals surface area contributed by atoms with E-state index < -0.39 is 11.8 Å². The molecule has 0 unspecified atom stereocenters. The van der Waals surface area contributed by atoms with Gasteiger partial charge in [-0.15, -0.1) is 0 Å². The molecule has 3 amide bonds. The molecule has 0 bridgehead atoms. The third-order valence-electron chi connectivity index (χ3n) is 4.21. The van der Waals surface area contributed by atoms with Gasteiger partial charge in [0.25, 0.3) is 0 Å². The van der Waals surface area contributed by atoms with E-state index in [2.05, 4.69) is 15.6 Å². The third-order valence-corrected chi connectivity index (χ3v) is 5.16. The number of aromatic nitrogens is 1. The molecule has 2 N–H and O–H groups in total.